The van der Waals surface area contributed by atoms with E-state index in [4.69, 9.17) is 0 Å². The van der Waals surface area contributed by atoms with Crippen molar-refractivity contribution in [2.24, 2.45) is 0 Å². The molecule has 2 bridgehead atoms. The van der Waals surface area contributed by atoms with Crippen molar-refractivity contribution in [2.75, 3.05) is 20.1 Å². The predicted molar refractivity (Wildman–Crippen MR) is 126 cm³/mol. The van der Waals surface area contributed by atoms with Crippen LogP contribution in [0.2, 0.25) is 0 Å². The number of aromatic nitrogens is 2. The quantitative estimate of drug-likeness (QED) is 0.689. The average molecular weight is 458 g/mol. The van der Waals surface area contributed by atoms with Crippen LogP contribution in [0.5, 0.6) is 0 Å². The Balaban J connectivity index is 1.44. The molecule has 180 valence electrons. The van der Waals surface area contributed by atoms with Crippen LogP contribution in [-0.4, -0.2) is 80.3 Å². The molecular weight excluding hydrogens is 422 g/mol. The van der Waals surface area contributed by atoms with Crippen molar-refractivity contribution >= 4 is 23.0 Å². The van der Waals surface area contributed by atoms with Crippen LogP contribution < -0.4 is 11.0 Å². The van der Waals surface area contributed by atoms with Gasteiger partial charge in [-0.1, -0.05) is 12.1 Å². The summed E-state index contributed by atoms with van der Waals surface area (Å²) in [5, 5.41) is 13.6. The SMILES string of the molecule is CC(=O)N(C)CC(O)CN1C2CCC1CC(NC(=O)n1c(=O)n(C(C)C)c3ccccc31)C2. The minimum absolute atomic E-state index is 0.0173. The number of imidazole rings is 1. The maximum Gasteiger partial charge on any atom is 0.337 e. The summed E-state index contributed by atoms with van der Waals surface area (Å²) >= 11 is 0. The molecule has 1 aromatic heterocycles. The summed E-state index contributed by atoms with van der Waals surface area (Å²) in [6.45, 7) is 6.20. The fourth-order valence-electron chi connectivity index (χ4n) is 5.54. The van der Waals surface area contributed by atoms with Gasteiger partial charge >= 0.3 is 11.7 Å². The number of nitrogens with one attached hydrogen (secondary N) is 1. The van der Waals surface area contributed by atoms with Crippen molar-refractivity contribution in [1.29, 1.82) is 0 Å². The van der Waals surface area contributed by atoms with Crippen LogP contribution in [-0.2, 0) is 4.79 Å². The summed E-state index contributed by atoms with van der Waals surface area (Å²) in [5.41, 5.74) is 1.06. The fourth-order valence-corrected chi connectivity index (χ4v) is 5.54. The molecule has 2 N–H and O–H groups in total. The van der Waals surface area contributed by atoms with Gasteiger partial charge in [0.15, 0.2) is 0 Å². The number of benzene rings is 1. The molecule has 2 fully saturated rings. The molecule has 0 spiro atoms. The second-order valence-corrected chi connectivity index (χ2v) is 9.82. The zero-order chi connectivity index (χ0) is 23.9. The van der Waals surface area contributed by atoms with Gasteiger partial charge in [0.05, 0.1) is 17.1 Å². The maximum absolute atomic E-state index is 13.2. The number of likely N-dealkylation sites (N-methyl/N-ethyl adjacent to an activating group) is 1. The summed E-state index contributed by atoms with van der Waals surface area (Å²) in [6.07, 6.45) is 3.02. The number of amides is 2. The monoisotopic (exact) mass is 457 g/mol. The molecule has 1 aromatic carbocycles. The molecule has 2 amide bonds. The third kappa shape index (κ3) is 4.56. The van der Waals surface area contributed by atoms with Crippen molar-refractivity contribution < 1.29 is 14.7 Å². The summed E-state index contributed by atoms with van der Waals surface area (Å²) in [7, 11) is 1.69. The number of fused-ring (bicyclic) bond motifs is 3. The van der Waals surface area contributed by atoms with Gasteiger partial charge in [-0.05, 0) is 51.7 Å². The lowest BCUT2D eigenvalue weighted by atomic mass is 9.97. The van der Waals surface area contributed by atoms with Gasteiger partial charge in [-0.15, -0.1) is 0 Å². The van der Waals surface area contributed by atoms with Crippen molar-refractivity contribution in [1.82, 2.24) is 24.3 Å². The molecule has 2 aromatic rings. The molecule has 3 atom stereocenters. The lowest BCUT2D eigenvalue weighted by Gasteiger charge is -2.40. The smallest absolute Gasteiger partial charge is 0.337 e. The Morgan fingerprint density at radius 1 is 1.15 bits per heavy atom. The second-order valence-electron chi connectivity index (χ2n) is 9.82. The van der Waals surface area contributed by atoms with Crippen molar-refractivity contribution in [3.63, 3.8) is 0 Å². The Bertz CT molecular complexity index is 1080. The predicted octanol–water partition coefficient (Wildman–Crippen LogP) is 1.78. The van der Waals surface area contributed by atoms with Crippen LogP contribution in [0.1, 0.15) is 52.5 Å². The first-order valence-electron chi connectivity index (χ1n) is 11.9. The van der Waals surface area contributed by atoms with E-state index in [-0.39, 0.29) is 41.8 Å². The molecule has 9 nitrogen and oxygen atoms in total. The molecule has 0 radical (unpaired) electrons. The molecule has 4 rings (SSSR count). The second kappa shape index (κ2) is 9.30. The molecule has 3 unspecified atom stereocenters. The number of carbonyl (C=O) groups is 2. The number of hydrogen-bond acceptors (Lipinski definition) is 5. The van der Waals surface area contributed by atoms with Gasteiger partial charge in [-0.25, -0.2) is 14.2 Å². The van der Waals surface area contributed by atoms with Crippen LogP contribution in [0.4, 0.5) is 4.79 Å². The lowest BCUT2D eigenvalue weighted by Crippen LogP contribution is -2.54. The topological polar surface area (TPSA) is 99.8 Å². The first kappa shape index (κ1) is 23.5. The molecule has 2 aliphatic heterocycles. The van der Waals surface area contributed by atoms with E-state index in [2.05, 4.69) is 10.2 Å². The molecule has 0 aliphatic carbocycles. The van der Waals surface area contributed by atoms with Gasteiger partial charge in [-0.2, -0.15) is 0 Å². The molecule has 33 heavy (non-hydrogen) atoms. The Morgan fingerprint density at radius 3 is 2.33 bits per heavy atom. The fraction of sp³-hybridized carbons (Fsp3) is 0.625. The molecule has 2 saturated heterocycles. The minimum atomic E-state index is -0.603. The minimum Gasteiger partial charge on any atom is -0.390 e. The van der Waals surface area contributed by atoms with Crippen molar-refractivity contribution in [3.8, 4) is 0 Å². The number of carbonyl (C=O) groups excluding carboxylic acids is 2. The number of piperidine rings is 1. The van der Waals surface area contributed by atoms with Crippen LogP contribution in [0.25, 0.3) is 11.0 Å². The zero-order valence-corrected chi connectivity index (χ0v) is 19.9. The van der Waals surface area contributed by atoms with E-state index in [1.54, 1.807) is 17.7 Å². The van der Waals surface area contributed by atoms with E-state index < -0.39 is 6.10 Å². The molecule has 3 heterocycles. The Kier molecular flexibility index (Phi) is 6.63. The van der Waals surface area contributed by atoms with E-state index in [0.29, 0.717) is 18.6 Å². The summed E-state index contributed by atoms with van der Waals surface area (Å²) in [4.78, 5) is 41.6. The van der Waals surface area contributed by atoms with Crippen molar-refractivity contribution in [2.45, 2.75) is 76.7 Å². The van der Waals surface area contributed by atoms with Gasteiger partial charge in [-0.3, -0.25) is 14.3 Å². The summed E-state index contributed by atoms with van der Waals surface area (Å²) in [5.74, 6) is -0.0625. The highest BCUT2D eigenvalue weighted by Crippen LogP contribution is 2.36. The number of rotatable bonds is 6. The van der Waals surface area contributed by atoms with Crippen LogP contribution in [0.3, 0.4) is 0 Å². The Morgan fingerprint density at radius 2 is 1.76 bits per heavy atom. The first-order valence-corrected chi connectivity index (χ1v) is 11.9. The number of aliphatic hydroxyl groups is 1. The largest absolute Gasteiger partial charge is 0.390 e. The third-order valence-electron chi connectivity index (χ3n) is 7.15. The first-order chi connectivity index (χ1) is 15.7. The van der Waals surface area contributed by atoms with Crippen molar-refractivity contribution in [3.05, 3.63) is 34.7 Å². The summed E-state index contributed by atoms with van der Waals surface area (Å²) in [6, 6.07) is 7.49. The van der Waals surface area contributed by atoms with E-state index in [0.717, 1.165) is 31.2 Å². The standard InChI is InChI=1S/C24H35N5O4/c1-15(2)28-21-7-5-6-8-22(21)29(24(28)33)23(32)25-17-11-18-9-10-19(12-17)27(18)14-20(31)13-26(4)16(3)30/h5-8,15,17-20,31H,9-14H2,1-4H3,(H,25,32). The Hall–Kier alpha value is -2.65. The van der Waals surface area contributed by atoms with E-state index in [9.17, 15) is 19.5 Å². The number of hydrogen-bond donors (Lipinski definition) is 2. The van der Waals surface area contributed by atoms with Crippen LogP contribution in [0.15, 0.2) is 29.1 Å². The van der Waals surface area contributed by atoms with Gasteiger partial charge in [0, 0.05) is 51.2 Å². The number of para-hydroxylation sites is 2. The molecular formula is C24H35N5O4. The van der Waals surface area contributed by atoms with E-state index in [1.807, 2.05) is 32.0 Å². The highest BCUT2D eigenvalue weighted by molar-refractivity contribution is 5.89. The van der Waals surface area contributed by atoms with Gasteiger partial charge in [0.2, 0.25) is 5.91 Å². The van der Waals surface area contributed by atoms with E-state index in [1.165, 1.54) is 16.4 Å². The molecule has 2 aliphatic rings. The van der Waals surface area contributed by atoms with Gasteiger partial charge in [0.1, 0.15) is 0 Å². The van der Waals surface area contributed by atoms with Crippen LogP contribution >= 0.6 is 0 Å². The Labute approximate surface area is 194 Å². The van der Waals surface area contributed by atoms with E-state index >= 15 is 0 Å². The normalized spacial score (nSPS) is 23.8. The highest BCUT2D eigenvalue weighted by atomic mass is 16.3. The molecule has 9 heteroatoms. The highest BCUT2D eigenvalue weighted by Gasteiger charge is 2.42. The number of nitrogens with zero attached hydrogens (tertiary/aromatic N) is 4. The van der Waals surface area contributed by atoms with Gasteiger partial charge in [0.25, 0.3) is 0 Å². The third-order valence-corrected chi connectivity index (χ3v) is 7.15. The molecule has 0 saturated carbocycles. The lowest BCUT2D eigenvalue weighted by molar-refractivity contribution is -0.129. The summed E-state index contributed by atoms with van der Waals surface area (Å²) < 4.78 is 2.91. The number of aliphatic hydroxyl groups excluding tert-OH is 1. The van der Waals surface area contributed by atoms with Gasteiger partial charge < -0.3 is 15.3 Å². The van der Waals surface area contributed by atoms with Crippen LogP contribution in [0, 0.1) is 0 Å². The maximum atomic E-state index is 13.2. The average Bonchev–Trinajstić information content (AvgIpc) is 3.16. The zero-order valence-electron chi connectivity index (χ0n) is 19.9.